The molecule has 0 atom stereocenters. The van der Waals surface area contributed by atoms with Crippen molar-refractivity contribution in [1.82, 2.24) is 0 Å². The molecule has 0 aliphatic rings. The van der Waals surface area contributed by atoms with Gasteiger partial charge in [-0.05, 0) is 36.8 Å². The molecule has 0 saturated carbocycles. The van der Waals surface area contributed by atoms with Crippen LogP contribution in [0.3, 0.4) is 0 Å². The highest BCUT2D eigenvalue weighted by Crippen LogP contribution is 2.14. The normalized spacial score (nSPS) is 10.1. The van der Waals surface area contributed by atoms with Crippen molar-refractivity contribution in [1.29, 1.82) is 0 Å². The Morgan fingerprint density at radius 2 is 1.89 bits per heavy atom. The van der Waals surface area contributed by atoms with Gasteiger partial charge in [0.25, 0.3) is 0 Å². The van der Waals surface area contributed by atoms with Gasteiger partial charge in [0.05, 0.1) is 6.42 Å². The lowest BCUT2D eigenvalue weighted by molar-refractivity contribution is -0.115. The molecule has 0 fully saturated rings. The number of hydrogen-bond acceptors (Lipinski definition) is 2. The minimum atomic E-state index is -0.0636. The lowest BCUT2D eigenvalue weighted by atomic mass is 10.1. The Bertz CT molecular complexity index is 547. The summed E-state index contributed by atoms with van der Waals surface area (Å²) in [7, 11) is 0. The number of anilines is 1. The minimum absolute atomic E-state index is 0.0636. The number of aryl methyl sites for hydroxylation is 1. The van der Waals surface area contributed by atoms with E-state index in [1.54, 1.807) is 24.3 Å². The lowest BCUT2D eigenvalue weighted by Crippen LogP contribution is -2.14. The van der Waals surface area contributed by atoms with Gasteiger partial charge in [0.1, 0.15) is 5.75 Å². The van der Waals surface area contributed by atoms with E-state index < -0.39 is 0 Å². The zero-order chi connectivity index (χ0) is 13.0. The molecule has 0 saturated heterocycles. The van der Waals surface area contributed by atoms with Crippen molar-refractivity contribution in [2.24, 2.45) is 0 Å². The molecule has 2 N–H and O–H groups in total. The summed E-state index contributed by atoms with van der Waals surface area (Å²) in [6, 6.07) is 14.3. The maximum absolute atomic E-state index is 11.8. The fourth-order valence-corrected chi connectivity index (χ4v) is 1.76. The largest absolute Gasteiger partial charge is 0.508 e. The van der Waals surface area contributed by atoms with Gasteiger partial charge < -0.3 is 10.4 Å². The van der Waals surface area contributed by atoms with E-state index >= 15 is 0 Å². The van der Waals surface area contributed by atoms with E-state index in [9.17, 15) is 4.79 Å². The smallest absolute Gasteiger partial charge is 0.228 e. The maximum Gasteiger partial charge on any atom is 0.228 e. The van der Waals surface area contributed by atoms with Crippen LogP contribution < -0.4 is 5.32 Å². The van der Waals surface area contributed by atoms with Crippen LogP contribution >= 0.6 is 0 Å². The summed E-state index contributed by atoms with van der Waals surface area (Å²) < 4.78 is 0. The monoisotopic (exact) mass is 241 g/mol. The molecule has 2 aromatic rings. The van der Waals surface area contributed by atoms with Crippen LogP contribution in [0.5, 0.6) is 5.75 Å². The number of phenols is 1. The molecule has 0 radical (unpaired) electrons. The molecule has 0 aromatic heterocycles. The number of amides is 1. The quantitative estimate of drug-likeness (QED) is 0.812. The van der Waals surface area contributed by atoms with Crippen molar-refractivity contribution in [2.75, 3.05) is 5.32 Å². The van der Waals surface area contributed by atoms with Crippen LogP contribution in [0.2, 0.25) is 0 Å². The van der Waals surface area contributed by atoms with Gasteiger partial charge in [0, 0.05) is 5.69 Å². The van der Waals surface area contributed by atoms with E-state index in [0.717, 1.165) is 11.1 Å². The van der Waals surface area contributed by atoms with E-state index in [1.165, 1.54) is 0 Å². The fraction of sp³-hybridized carbons (Fsp3) is 0.133. The molecule has 3 heteroatoms. The van der Waals surface area contributed by atoms with Gasteiger partial charge in [-0.15, -0.1) is 0 Å². The number of carbonyl (C=O) groups excluding carboxylic acids is 1. The summed E-state index contributed by atoms with van der Waals surface area (Å²) >= 11 is 0. The van der Waals surface area contributed by atoms with Gasteiger partial charge in [-0.25, -0.2) is 0 Å². The molecule has 0 bridgehead atoms. The predicted octanol–water partition coefficient (Wildman–Crippen LogP) is 2.88. The number of benzene rings is 2. The Kier molecular flexibility index (Phi) is 3.63. The van der Waals surface area contributed by atoms with Crippen LogP contribution in [0, 0.1) is 6.92 Å². The molecule has 0 aliphatic heterocycles. The van der Waals surface area contributed by atoms with Gasteiger partial charge in [0.15, 0.2) is 0 Å². The van der Waals surface area contributed by atoms with E-state index in [2.05, 4.69) is 5.32 Å². The highest BCUT2D eigenvalue weighted by Gasteiger charge is 2.04. The average molecular weight is 241 g/mol. The van der Waals surface area contributed by atoms with E-state index in [1.807, 2.05) is 31.2 Å². The molecular weight excluding hydrogens is 226 g/mol. The Morgan fingerprint density at radius 1 is 1.17 bits per heavy atom. The second-order valence-corrected chi connectivity index (χ2v) is 4.26. The summed E-state index contributed by atoms with van der Waals surface area (Å²) in [5.41, 5.74) is 2.82. The van der Waals surface area contributed by atoms with Crippen LogP contribution in [0.25, 0.3) is 0 Å². The van der Waals surface area contributed by atoms with Crippen molar-refractivity contribution in [2.45, 2.75) is 13.3 Å². The first-order valence-corrected chi connectivity index (χ1v) is 5.78. The highest BCUT2D eigenvalue weighted by molar-refractivity contribution is 5.92. The molecule has 0 spiro atoms. The van der Waals surface area contributed by atoms with Crippen LogP contribution in [0.4, 0.5) is 5.69 Å². The lowest BCUT2D eigenvalue weighted by Gasteiger charge is -2.06. The summed E-state index contributed by atoms with van der Waals surface area (Å²) in [6.07, 6.45) is 0.350. The highest BCUT2D eigenvalue weighted by atomic mass is 16.3. The molecule has 0 unspecified atom stereocenters. The molecule has 1 amide bonds. The first-order chi connectivity index (χ1) is 8.63. The van der Waals surface area contributed by atoms with Gasteiger partial charge in [-0.2, -0.15) is 0 Å². The summed E-state index contributed by atoms with van der Waals surface area (Å²) in [4.78, 5) is 11.8. The number of phenolic OH excluding ortho intramolecular Hbond substituents is 1. The predicted molar refractivity (Wildman–Crippen MR) is 71.6 cm³/mol. The maximum atomic E-state index is 11.8. The second kappa shape index (κ2) is 5.36. The van der Waals surface area contributed by atoms with Gasteiger partial charge in [-0.1, -0.05) is 29.8 Å². The SMILES string of the molecule is Cc1cccc(CC(=O)Nc2ccc(O)cc2)c1. The molecular formula is C15H15NO2. The summed E-state index contributed by atoms with van der Waals surface area (Å²) in [5.74, 6) is 0.123. The van der Waals surface area contributed by atoms with Gasteiger partial charge in [-0.3, -0.25) is 4.79 Å². The zero-order valence-corrected chi connectivity index (χ0v) is 10.2. The Balaban J connectivity index is 1.98. The van der Waals surface area contributed by atoms with Crippen molar-refractivity contribution in [3.63, 3.8) is 0 Å². The number of nitrogens with one attached hydrogen (secondary N) is 1. The average Bonchev–Trinajstić information content (AvgIpc) is 2.32. The number of rotatable bonds is 3. The third-order valence-corrected chi connectivity index (χ3v) is 2.60. The zero-order valence-electron chi connectivity index (χ0n) is 10.2. The van der Waals surface area contributed by atoms with Gasteiger partial charge >= 0.3 is 0 Å². The van der Waals surface area contributed by atoms with Crippen molar-refractivity contribution < 1.29 is 9.90 Å². The van der Waals surface area contributed by atoms with Gasteiger partial charge in [0.2, 0.25) is 5.91 Å². The fourth-order valence-electron chi connectivity index (χ4n) is 1.76. The molecule has 92 valence electrons. The van der Waals surface area contributed by atoms with E-state index in [0.29, 0.717) is 12.1 Å². The molecule has 18 heavy (non-hydrogen) atoms. The second-order valence-electron chi connectivity index (χ2n) is 4.26. The number of aromatic hydroxyl groups is 1. The van der Waals surface area contributed by atoms with Crippen molar-refractivity contribution in [3.05, 3.63) is 59.7 Å². The number of carbonyl (C=O) groups is 1. The first kappa shape index (κ1) is 12.2. The van der Waals surface area contributed by atoms with Crippen molar-refractivity contribution in [3.8, 4) is 5.75 Å². The minimum Gasteiger partial charge on any atom is -0.508 e. The number of hydrogen-bond donors (Lipinski definition) is 2. The van der Waals surface area contributed by atoms with Crippen LogP contribution in [-0.4, -0.2) is 11.0 Å². The summed E-state index contributed by atoms with van der Waals surface area (Å²) in [6.45, 7) is 2.00. The Morgan fingerprint density at radius 3 is 2.56 bits per heavy atom. The van der Waals surface area contributed by atoms with Crippen LogP contribution in [0.1, 0.15) is 11.1 Å². The molecule has 3 nitrogen and oxygen atoms in total. The Labute approximate surface area is 106 Å². The third kappa shape index (κ3) is 3.35. The molecule has 0 heterocycles. The standard InChI is InChI=1S/C15H15NO2/c1-11-3-2-4-12(9-11)10-15(18)16-13-5-7-14(17)8-6-13/h2-9,17H,10H2,1H3,(H,16,18). The third-order valence-electron chi connectivity index (χ3n) is 2.60. The molecule has 2 rings (SSSR count). The Hall–Kier alpha value is -2.29. The molecule has 2 aromatic carbocycles. The van der Waals surface area contributed by atoms with Crippen molar-refractivity contribution >= 4 is 11.6 Å². The van der Waals surface area contributed by atoms with E-state index in [4.69, 9.17) is 5.11 Å². The topological polar surface area (TPSA) is 49.3 Å². The summed E-state index contributed by atoms with van der Waals surface area (Å²) in [5, 5.41) is 11.9. The molecule has 0 aliphatic carbocycles. The first-order valence-electron chi connectivity index (χ1n) is 5.78. The van der Waals surface area contributed by atoms with E-state index in [-0.39, 0.29) is 11.7 Å². The van der Waals surface area contributed by atoms with Crippen LogP contribution in [0.15, 0.2) is 48.5 Å². The van der Waals surface area contributed by atoms with Crippen LogP contribution in [-0.2, 0) is 11.2 Å².